The molecule has 0 aromatic rings. The van der Waals surface area contributed by atoms with Crippen molar-refractivity contribution in [1.29, 1.82) is 0 Å². The topological polar surface area (TPSA) is 85.0 Å². The number of alkyl halides is 2. The molecule has 1 heterocycles. The highest BCUT2D eigenvalue weighted by Crippen LogP contribution is 2.38. The smallest absolute Gasteiger partial charge is 0.321 e. The highest BCUT2D eigenvalue weighted by Gasteiger charge is 2.46. The van der Waals surface area contributed by atoms with E-state index in [-0.39, 0.29) is 25.3 Å². The van der Waals surface area contributed by atoms with Gasteiger partial charge in [-0.2, -0.15) is 0 Å². The van der Waals surface area contributed by atoms with E-state index >= 15 is 0 Å². The van der Waals surface area contributed by atoms with Crippen molar-refractivity contribution in [3.05, 3.63) is 0 Å². The fraction of sp³-hybridized carbons (Fsp3) is 0.900. The number of carbonyl (C=O) groups excluding carboxylic acids is 2. The van der Waals surface area contributed by atoms with Crippen LogP contribution in [0.15, 0.2) is 0 Å². The number of halogens is 2. The van der Waals surface area contributed by atoms with Gasteiger partial charge in [0.05, 0.1) is 12.7 Å². The van der Waals surface area contributed by atoms with Crippen LogP contribution >= 0.6 is 45.2 Å². The molecule has 1 fully saturated rings. The minimum absolute atomic E-state index is 0.0725. The molecular weight excluding hydrogens is 604 g/mol. The van der Waals surface area contributed by atoms with Crippen LogP contribution in [0, 0.1) is 0 Å². The van der Waals surface area contributed by atoms with Crippen LogP contribution in [0.1, 0.15) is 68.2 Å². The number of rotatable bonds is 8. The first-order valence-electron chi connectivity index (χ1n) is 9.71. The molecular formula is C20H34I2NO6. The fourth-order valence-electron chi connectivity index (χ4n) is 3.28. The van der Waals surface area contributed by atoms with Gasteiger partial charge in [0.15, 0.2) is 6.10 Å². The first-order chi connectivity index (χ1) is 12.9. The van der Waals surface area contributed by atoms with E-state index < -0.39 is 30.0 Å². The molecule has 1 atom stereocenters. The minimum Gasteiger partial charge on any atom is -0.461 e. The van der Waals surface area contributed by atoms with Gasteiger partial charge in [-0.15, -0.1) is 10.3 Å². The monoisotopic (exact) mass is 638 g/mol. The number of nitrogens with zero attached hydrogens (tertiary/aromatic N) is 1. The van der Waals surface area contributed by atoms with Gasteiger partial charge in [-0.25, -0.2) is 0 Å². The van der Waals surface area contributed by atoms with Gasteiger partial charge in [-0.05, 0) is 68.2 Å². The molecule has 0 bridgehead atoms. The SMILES string of the molecule is CC(C)(I)C(=O)OCC(COC1CC(C)(C)N([O])C(C)(C)C1)OC(=O)C(C)(C)I. The van der Waals surface area contributed by atoms with E-state index in [9.17, 15) is 14.8 Å². The molecule has 1 unspecified atom stereocenters. The predicted octanol–water partition coefficient (Wildman–Crippen LogP) is 4.25. The van der Waals surface area contributed by atoms with Crippen LogP contribution in [-0.2, 0) is 29.0 Å². The van der Waals surface area contributed by atoms with Crippen molar-refractivity contribution in [3.8, 4) is 0 Å². The number of ether oxygens (including phenoxy) is 3. The molecule has 0 spiro atoms. The molecule has 1 aliphatic rings. The molecule has 169 valence electrons. The van der Waals surface area contributed by atoms with Crippen LogP contribution in [0.3, 0.4) is 0 Å². The van der Waals surface area contributed by atoms with Gasteiger partial charge >= 0.3 is 11.9 Å². The maximum atomic E-state index is 12.5. The number of hydrogen-bond donors (Lipinski definition) is 0. The summed E-state index contributed by atoms with van der Waals surface area (Å²) in [6, 6.07) is 0. The molecule has 1 aliphatic heterocycles. The van der Waals surface area contributed by atoms with Crippen LogP contribution in [-0.4, -0.2) is 60.3 Å². The lowest BCUT2D eigenvalue weighted by molar-refractivity contribution is -0.302. The molecule has 29 heavy (non-hydrogen) atoms. The second-order valence-electron chi connectivity index (χ2n) is 9.85. The highest BCUT2D eigenvalue weighted by molar-refractivity contribution is 14.1. The Labute approximate surface area is 201 Å². The van der Waals surface area contributed by atoms with Crippen LogP contribution in [0.4, 0.5) is 0 Å². The number of esters is 2. The Balaban J connectivity index is 2.80. The summed E-state index contributed by atoms with van der Waals surface area (Å²) in [5, 5.41) is 13.7. The lowest BCUT2D eigenvalue weighted by Crippen LogP contribution is -2.60. The van der Waals surface area contributed by atoms with E-state index in [4.69, 9.17) is 14.2 Å². The average molecular weight is 638 g/mol. The van der Waals surface area contributed by atoms with Gasteiger partial charge in [-0.3, -0.25) is 9.59 Å². The zero-order valence-electron chi connectivity index (χ0n) is 18.6. The third-order valence-corrected chi connectivity index (χ3v) is 5.60. The van der Waals surface area contributed by atoms with Gasteiger partial charge in [0, 0.05) is 11.1 Å². The van der Waals surface area contributed by atoms with Crippen molar-refractivity contribution in [2.75, 3.05) is 13.2 Å². The van der Waals surface area contributed by atoms with Crippen LogP contribution in [0.25, 0.3) is 0 Å². The van der Waals surface area contributed by atoms with Crippen LogP contribution in [0.2, 0.25) is 0 Å². The number of hydrogen-bond acceptors (Lipinski definition) is 6. The molecule has 0 aromatic carbocycles. The zero-order chi connectivity index (χ0) is 22.8. The van der Waals surface area contributed by atoms with Gasteiger partial charge in [-0.1, -0.05) is 45.2 Å². The highest BCUT2D eigenvalue weighted by atomic mass is 127. The molecule has 0 aromatic heterocycles. The summed E-state index contributed by atoms with van der Waals surface area (Å²) in [5.74, 6) is -0.777. The zero-order valence-corrected chi connectivity index (χ0v) is 23.0. The molecule has 9 heteroatoms. The van der Waals surface area contributed by atoms with Gasteiger partial charge in [0.2, 0.25) is 0 Å². The Kier molecular flexibility index (Phi) is 9.25. The van der Waals surface area contributed by atoms with Gasteiger partial charge in [0.25, 0.3) is 0 Å². The Bertz CT molecular complexity index is 577. The molecule has 0 aliphatic carbocycles. The van der Waals surface area contributed by atoms with E-state index in [0.717, 1.165) is 5.06 Å². The van der Waals surface area contributed by atoms with Crippen molar-refractivity contribution in [1.82, 2.24) is 5.06 Å². The third kappa shape index (κ3) is 8.38. The van der Waals surface area contributed by atoms with E-state index in [1.54, 1.807) is 27.7 Å². The summed E-state index contributed by atoms with van der Waals surface area (Å²) in [5.41, 5.74) is -1.11. The predicted molar refractivity (Wildman–Crippen MR) is 127 cm³/mol. The van der Waals surface area contributed by atoms with E-state index in [2.05, 4.69) is 0 Å². The third-order valence-electron chi connectivity index (χ3n) is 4.72. The molecule has 1 rings (SSSR count). The molecule has 0 N–H and O–H groups in total. The normalized spacial score (nSPS) is 21.5. The Morgan fingerprint density at radius 1 is 0.966 bits per heavy atom. The number of hydroxylamine groups is 2. The summed E-state index contributed by atoms with van der Waals surface area (Å²) in [6.45, 7) is 14.6. The standard InChI is InChI=1S/C20H34I2NO6/c1-17(2)9-13(10-18(3,4)23(17)26)27-11-14(29-16(25)20(7,8)22)12-28-15(24)19(5,6)21/h13-14H,9-12H2,1-8H3. The minimum atomic E-state index is -0.712. The number of carbonyl (C=O) groups is 2. The second kappa shape index (κ2) is 9.83. The van der Waals surface area contributed by atoms with Crippen molar-refractivity contribution in [2.24, 2.45) is 0 Å². The van der Waals surface area contributed by atoms with Crippen molar-refractivity contribution >= 4 is 57.1 Å². The van der Waals surface area contributed by atoms with Gasteiger partial charge < -0.3 is 14.2 Å². The fourth-order valence-corrected chi connectivity index (χ4v) is 3.56. The first-order valence-corrected chi connectivity index (χ1v) is 11.9. The lowest BCUT2D eigenvalue weighted by Gasteiger charge is -2.49. The van der Waals surface area contributed by atoms with Crippen LogP contribution in [0.5, 0.6) is 0 Å². The molecule has 1 saturated heterocycles. The Hall–Kier alpha value is 0.280. The average Bonchev–Trinajstić information content (AvgIpc) is 2.52. The summed E-state index contributed by atoms with van der Waals surface area (Å²) >= 11 is 4.01. The van der Waals surface area contributed by atoms with Crippen molar-refractivity contribution in [3.63, 3.8) is 0 Å². The van der Waals surface area contributed by atoms with Crippen LogP contribution < -0.4 is 0 Å². The van der Waals surface area contributed by atoms with E-state index in [0.29, 0.717) is 12.8 Å². The summed E-state index contributed by atoms with van der Waals surface area (Å²) in [4.78, 5) is 24.5. The van der Waals surface area contributed by atoms with Crippen molar-refractivity contribution in [2.45, 2.75) is 98.4 Å². The maximum Gasteiger partial charge on any atom is 0.321 e. The molecule has 0 amide bonds. The largest absolute Gasteiger partial charge is 0.461 e. The Morgan fingerprint density at radius 3 is 1.83 bits per heavy atom. The van der Waals surface area contributed by atoms with E-state index in [1.807, 2.05) is 72.9 Å². The quantitative estimate of drug-likeness (QED) is 0.225. The summed E-state index contributed by atoms with van der Waals surface area (Å²) in [7, 11) is 0. The first kappa shape index (κ1) is 27.3. The summed E-state index contributed by atoms with van der Waals surface area (Å²) in [6.07, 6.45) is 0.268. The van der Waals surface area contributed by atoms with E-state index in [1.165, 1.54) is 0 Å². The summed E-state index contributed by atoms with van der Waals surface area (Å²) < 4.78 is 15.6. The molecule has 0 saturated carbocycles. The van der Waals surface area contributed by atoms with Gasteiger partial charge in [0.1, 0.15) is 13.5 Å². The maximum absolute atomic E-state index is 12.5. The molecule has 7 nitrogen and oxygen atoms in total. The second-order valence-corrected chi connectivity index (χ2v) is 15.2. The number of piperidine rings is 1. The molecule has 1 radical (unpaired) electrons. The Morgan fingerprint density at radius 2 is 1.41 bits per heavy atom. The van der Waals surface area contributed by atoms with Crippen molar-refractivity contribution < 1.29 is 29.0 Å². The lowest BCUT2D eigenvalue weighted by atomic mass is 9.80.